The van der Waals surface area contributed by atoms with Crippen LogP contribution in [0.1, 0.15) is 29.1 Å². The summed E-state index contributed by atoms with van der Waals surface area (Å²) in [5.74, 6) is -1.05. The molecule has 1 atom stereocenters. The molecule has 0 saturated heterocycles. The van der Waals surface area contributed by atoms with Crippen molar-refractivity contribution in [2.75, 3.05) is 0 Å². The molecule has 2 rings (SSSR count). The van der Waals surface area contributed by atoms with Crippen LogP contribution in [-0.4, -0.2) is 15.4 Å². The fourth-order valence-corrected chi connectivity index (χ4v) is 2.34. The van der Waals surface area contributed by atoms with Gasteiger partial charge in [-0.15, -0.1) is 0 Å². The van der Waals surface area contributed by atoms with Crippen molar-refractivity contribution in [3.63, 3.8) is 0 Å². The lowest BCUT2D eigenvalue weighted by atomic mass is 10.1. The highest BCUT2D eigenvalue weighted by atomic mass is 32.1. The van der Waals surface area contributed by atoms with Crippen LogP contribution in [0.4, 0.5) is 4.39 Å². The zero-order chi connectivity index (χ0) is 11.0. The average molecular weight is 225 g/mol. The zero-order valence-corrected chi connectivity index (χ0v) is 8.71. The van der Waals surface area contributed by atoms with Crippen molar-refractivity contribution in [1.82, 2.24) is 4.37 Å². The number of aromatic nitrogens is 1. The molecule has 1 unspecified atom stereocenters. The summed E-state index contributed by atoms with van der Waals surface area (Å²) in [4.78, 5) is 10.9. The Balaban J connectivity index is 2.80. The topological polar surface area (TPSA) is 50.2 Å². The maximum absolute atomic E-state index is 13.2. The molecular weight excluding hydrogens is 217 g/mol. The number of hydrogen-bond acceptors (Lipinski definition) is 3. The zero-order valence-electron chi connectivity index (χ0n) is 7.90. The maximum Gasteiger partial charge on any atom is 0.336 e. The molecule has 1 N–H and O–H groups in total. The Morgan fingerprint density at radius 3 is 2.93 bits per heavy atom. The standard InChI is InChI=1S/C10H8FNO2S/c1-5(11)9-8-6(10(13)14)3-2-4-7(8)15-12-9/h2-5H,1H3,(H,13,14). The monoisotopic (exact) mass is 225 g/mol. The SMILES string of the molecule is CC(F)c1nsc2cccc(C(=O)O)c12. The molecular formula is C10H8FNO2S. The first-order valence-corrected chi connectivity index (χ1v) is 5.14. The van der Waals surface area contributed by atoms with Crippen molar-refractivity contribution in [3.8, 4) is 0 Å². The lowest BCUT2D eigenvalue weighted by Gasteiger charge is -2.01. The van der Waals surface area contributed by atoms with E-state index in [-0.39, 0.29) is 11.3 Å². The van der Waals surface area contributed by atoms with Crippen LogP contribution < -0.4 is 0 Å². The highest BCUT2D eigenvalue weighted by Gasteiger charge is 2.18. The average Bonchev–Trinajstić information content (AvgIpc) is 2.60. The van der Waals surface area contributed by atoms with Crippen molar-refractivity contribution in [1.29, 1.82) is 0 Å². The van der Waals surface area contributed by atoms with Gasteiger partial charge in [-0.1, -0.05) is 6.07 Å². The van der Waals surface area contributed by atoms with E-state index in [1.54, 1.807) is 12.1 Å². The number of rotatable bonds is 2. The van der Waals surface area contributed by atoms with Crippen LogP contribution in [0.3, 0.4) is 0 Å². The number of fused-ring (bicyclic) bond motifs is 1. The molecule has 15 heavy (non-hydrogen) atoms. The summed E-state index contributed by atoms with van der Waals surface area (Å²) in [6.45, 7) is 1.35. The first kappa shape index (κ1) is 10.0. The van der Waals surface area contributed by atoms with Crippen LogP contribution in [0.2, 0.25) is 0 Å². The number of halogens is 1. The Morgan fingerprint density at radius 2 is 2.33 bits per heavy atom. The number of hydrogen-bond donors (Lipinski definition) is 1. The molecule has 1 aromatic heterocycles. The van der Waals surface area contributed by atoms with Gasteiger partial charge in [0.2, 0.25) is 0 Å². The molecule has 0 amide bonds. The summed E-state index contributed by atoms with van der Waals surface area (Å²) in [5.41, 5.74) is 0.328. The first-order valence-electron chi connectivity index (χ1n) is 4.37. The number of carboxylic acid groups (broad SMARTS) is 1. The predicted octanol–water partition coefficient (Wildman–Crippen LogP) is 3.03. The molecule has 5 heteroatoms. The van der Waals surface area contributed by atoms with E-state index in [1.165, 1.54) is 13.0 Å². The minimum Gasteiger partial charge on any atom is -0.478 e. The fourth-order valence-electron chi connectivity index (χ4n) is 1.47. The molecule has 0 bridgehead atoms. The van der Waals surface area contributed by atoms with Gasteiger partial charge in [0.15, 0.2) is 0 Å². The molecule has 3 nitrogen and oxygen atoms in total. The number of alkyl halides is 1. The van der Waals surface area contributed by atoms with Gasteiger partial charge in [-0.05, 0) is 30.6 Å². The second kappa shape index (κ2) is 3.58. The van der Waals surface area contributed by atoms with Crippen molar-refractivity contribution < 1.29 is 14.3 Å². The van der Waals surface area contributed by atoms with E-state index in [4.69, 9.17) is 5.11 Å². The smallest absolute Gasteiger partial charge is 0.336 e. The number of benzene rings is 1. The van der Waals surface area contributed by atoms with E-state index >= 15 is 0 Å². The van der Waals surface area contributed by atoms with E-state index in [9.17, 15) is 9.18 Å². The molecule has 0 spiro atoms. The molecule has 0 aliphatic carbocycles. The summed E-state index contributed by atoms with van der Waals surface area (Å²) in [5, 5.41) is 9.38. The first-order chi connectivity index (χ1) is 7.11. The Morgan fingerprint density at radius 1 is 1.60 bits per heavy atom. The molecule has 1 heterocycles. The normalized spacial score (nSPS) is 12.9. The molecule has 1 aromatic carbocycles. The summed E-state index contributed by atoms with van der Waals surface area (Å²) < 4.78 is 17.8. The van der Waals surface area contributed by atoms with Crippen LogP contribution in [0.5, 0.6) is 0 Å². The maximum atomic E-state index is 13.2. The third-order valence-electron chi connectivity index (χ3n) is 2.13. The van der Waals surface area contributed by atoms with E-state index in [1.807, 2.05) is 0 Å². The fraction of sp³-hybridized carbons (Fsp3) is 0.200. The Bertz CT molecular complexity index is 521. The summed E-state index contributed by atoms with van der Waals surface area (Å²) >= 11 is 1.12. The van der Waals surface area contributed by atoms with Gasteiger partial charge in [0.1, 0.15) is 6.17 Å². The summed E-state index contributed by atoms with van der Waals surface area (Å²) in [7, 11) is 0. The van der Waals surface area contributed by atoms with Gasteiger partial charge in [-0.3, -0.25) is 0 Å². The third kappa shape index (κ3) is 1.59. The quantitative estimate of drug-likeness (QED) is 0.854. The van der Waals surface area contributed by atoms with Gasteiger partial charge in [-0.2, -0.15) is 4.37 Å². The van der Waals surface area contributed by atoms with E-state index in [0.717, 1.165) is 11.5 Å². The van der Waals surface area contributed by atoms with E-state index in [2.05, 4.69) is 4.37 Å². The molecule has 0 aliphatic heterocycles. The van der Waals surface area contributed by atoms with Gasteiger partial charge in [0.25, 0.3) is 0 Å². The highest BCUT2D eigenvalue weighted by Crippen LogP contribution is 2.31. The Labute approximate surface area is 89.3 Å². The number of aromatic carboxylic acids is 1. The van der Waals surface area contributed by atoms with Gasteiger partial charge in [0, 0.05) is 5.39 Å². The van der Waals surface area contributed by atoms with Gasteiger partial charge < -0.3 is 5.11 Å². The van der Waals surface area contributed by atoms with Crippen LogP contribution in [0.15, 0.2) is 18.2 Å². The van der Waals surface area contributed by atoms with E-state index in [0.29, 0.717) is 10.1 Å². The van der Waals surface area contributed by atoms with Crippen molar-refractivity contribution >= 4 is 27.6 Å². The predicted molar refractivity (Wildman–Crippen MR) is 56.1 cm³/mol. The second-order valence-corrected chi connectivity index (χ2v) is 3.97. The summed E-state index contributed by atoms with van der Waals surface area (Å²) in [6.07, 6.45) is -1.25. The Hall–Kier alpha value is -1.49. The lowest BCUT2D eigenvalue weighted by molar-refractivity contribution is 0.0699. The molecule has 0 radical (unpaired) electrons. The third-order valence-corrected chi connectivity index (χ3v) is 2.96. The molecule has 0 aliphatic rings. The van der Waals surface area contributed by atoms with Crippen molar-refractivity contribution in [2.24, 2.45) is 0 Å². The van der Waals surface area contributed by atoms with Crippen LogP contribution in [-0.2, 0) is 0 Å². The largest absolute Gasteiger partial charge is 0.478 e. The lowest BCUT2D eigenvalue weighted by Crippen LogP contribution is -1.98. The van der Waals surface area contributed by atoms with Crippen LogP contribution >= 0.6 is 11.5 Å². The molecule has 78 valence electrons. The van der Waals surface area contributed by atoms with Crippen molar-refractivity contribution in [3.05, 3.63) is 29.5 Å². The van der Waals surface area contributed by atoms with Crippen LogP contribution in [0, 0.1) is 0 Å². The minimum absolute atomic E-state index is 0.112. The van der Waals surface area contributed by atoms with E-state index < -0.39 is 12.1 Å². The molecule has 0 saturated carbocycles. The number of carboxylic acids is 1. The van der Waals surface area contributed by atoms with Crippen molar-refractivity contribution in [2.45, 2.75) is 13.1 Å². The number of carbonyl (C=O) groups is 1. The number of nitrogens with zero attached hydrogens (tertiary/aromatic N) is 1. The van der Waals surface area contributed by atoms with Gasteiger partial charge >= 0.3 is 5.97 Å². The highest BCUT2D eigenvalue weighted by molar-refractivity contribution is 7.13. The Kier molecular flexibility index (Phi) is 2.40. The molecule has 0 fully saturated rings. The second-order valence-electron chi connectivity index (χ2n) is 3.17. The molecule has 2 aromatic rings. The van der Waals surface area contributed by atoms with Crippen LogP contribution in [0.25, 0.3) is 10.1 Å². The van der Waals surface area contributed by atoms with Gasteiger partial charge in [-0.25, -0.2) is 9.18 Å². The minimum atomic E-state index is -1.25. The summed E-state index contributed by atoms with van der Waals surface area (Å²) in [6, 6.07) is 4.84. The van der Waals surface area contributed by atoms with Gasteiger partial charge in [0.05, 0.1) is 16.0 Å².